The number of hydrogen-bond acceptors (Lipinski definition) is 3. The van der Waals surface area contributed by atoms with Crippen LogP contribution >= 0.6 is 0 Å². The van der Waals surface area contributed by atoms with Crippen LogP contribution in [0.5, 0.6) is 0 Å². The molecule has 0 aliphatic heterocycles. The minimum absolute atomic E-state index is 0.281. The lowest BCUT2D eigenvalue weighted by Crippen LogP contribution is -2.37. The third kappa shape index (κ3) is 4.13. The van der Waals surface area contributed by atoms with Gasteiger partial charge in [-0.25, -0.2) is 4.79 Å². The fraction of sp³-hybridized carbons (Fsp3) is 0.333. The predicted molar refractivity (Wildman–Crippen MR) is 59.8 cm³/mol. The lowest BCUT2D eigenvalue weighted by Gasteiger charge is -2.11. The molecule has 0 aromatic heterocycles. The zero-order valence-electron chi connectivity index (χ0n) is 9.10. The van der Waals surface area contributed by atoms with Crippen molar-refractivity contribution in [2.45, 2.75) is 19.4 Å². The molecule has 0 bridgehead atoms. The van der Waals surface area contributed by atoms with E-state index in [-0.39, 0.29) is 6.61 Å². The molecular formula is C12H14NO3. The van der Waals surface area contributed by atoms with E-state index >= 15 is 0 Å². The number of nitrogens with one attached hydrogen (secondary N) is 1. The smallest absolute Gasteiger partial charge is 0.407 e. The Balaban J connectivity index is 2.49. The minimum Gasteiger partial charge on any atom is -0.450 e. The molecule has 1 rings (SSSR count). The van der Waals surface area contributed by atoms with E-state index < -0.39 is 12.1 Å². The van der Waals surface area contributed by atoms with Gasteiger partial charge in [-0.15, -0.1) is 0 Å². The molecule has 0 saturated carbocycles. The Morgan fingerprint density at radius 2 is 2.12 bits per heavy atom. The Kier molecular flexibility index (Phi) is 5.05. The molecule has 0 unspecified atom stereocenters. The van der Waals surface area contributed by atoms with E-state index in [4.69, 9.17) is 0 Å². The number of carbonyl (C=O) groups is 1. The maximum Gasteiger partial charge on any atom is 0.407 e. The van der Waals surface area contributed by atoms with Crippen molar-refractivity contribution in [2.75, 3.05) is 6.61 Å². The Bertz CT molecular complexity index is 337. The molecule has 85 valence electrons. The van der Waals surface area contributed by atoms with Gasteiger partial charge in [0.2, 0.25) is 6.29 Å². The molecule has 0 heterocycles. The molecule has 0 fully saturated rings. The van der Waals surface area contributed by atoms with Crippen LogP contribution in [-0.4, -0.2) is 25.0 Å². The largest absolute Gasteiger partial charge is 0.450 e. The van der Waals surface area contributed by atoms with Crippen molar-refractivity contribution in [3.63, 3.8) is 0 Å². The van der Waals surface area contributed by atoms with Gasteiger partial charge in [0.25, 0.3) is 0 Å². The molecule has 0 aliphatic carbocycles. The van der Waals surface area contributed by atoms with Crippen LogP contribution in [0.2, 0.25) is 0 Å². The molecule has 4 nitrogen and oxygen atoms in total. The monoisotopic (exact) mass is 220 g/mol. The number of hydrogen-bond donors (Lipinski definition) is 1. The van der Waals surface area contributed by atoms with Gasteiger partial charge in [0.15, 0.2) is 0 Å². The standard InChI is InChI=1S/C12H14NO3/c1-2-16-12(15)13-11(9-14)8-10-6-4-3-5-7-10/h3-7,11H,2,8H2,1H3,(H,13,15)/t11-/m0/s1. The molecule has 1 amide bonds. The van der Waals surface area contributed by atoms with E-state index in [9.17, 15) is 9.59 Å². The summed E-state index contributed by atoms with van der Waals surface area (Å²) in [5.74, 6) is 0. The van der Waals surface area contributed by atoms with Gasteiger partial charge in [-0.3, -0.25) is 4.79 Å². The third-order valence-corrected chi connectivity index (χ3v) is 1.99. The number of carbonyl (C=O) groups excluding carboxylic acids is 2. The van der Waals surface area contributed by atoms with Crippen molar-refractivity contribution >= 4 is 12.4 Å². The summed E-state index contributed by atoms with van der Waals surface area (Å²) in [7, 11) is 0. The van der Waals surface area contributed by atoms with Crippen LogP contribution in [0.4, 0.5) is 4.79 Å². The fourth-order valence-corrected chi connectivity index (χ4v) is 1.29. The summed E-state index contributed by atoms with van der Waals surface area (Å²) in [5, 5.41) is 2.43. The molecule has 1 N–H and O–H groups in total. The van der Waals surface area contributed by atoms with Crippen LogP contribution in [0.1, 0.15) is 12.5 Å². The van der Waals surface area contributed by atoms with Crippen molar-refractivity contribution in [3.8, 4) is 0 Å². The van der Waals surface area contributed by atoms with Crippen molar-refractivity contribution in [2.24, 2.45) is 0 Å². The average molecular weight is 220 g/mol. The van der Waals surface area contributed by atoms with Crippen LogP contribution in [-0.2, 0) is 16.0 Å². The lowest BCUT2D eigenvalue weighted by molar-refractivity contribution is 0.150. The van der Waals surface area contributed by atoms with Gasteiger partial charge in [-0.05, 0) is 12.5 Å². The quantitative estimate of drug-likeness (QED) is 0.817. The van der Waals surface area contributed by atoms with Crippen molar-refractivity contribution in [1.29, 1.82) is 0 Å². The molecule has 16 heavy (non-hydrogen) atoms. The maximum atomic E-state index is 11.1. The number of amides is 1. The summed E-state index contributed by atoms with van der Waals surface area (Å²) in [4.78, 5) is 21.7. The Labute approximate surface area is 94.6 Å². The first kappa shape index (κ1) is 12.2. The van der Waals surface area contributed by atoms with Gasteiger partial charge < -0.3 is 10.1 Å². The van der Waals surface area contributed by atoms with Crippen LogP contribution in [0.15, 0.2) is 30.3 Å². The zero-order chi connectivity index (χ0) is 11.8. The van der Waals surface area contributed by atoms with E-state index in [1.807, 2.05) is 30.3 Å². The summed E-state index contributed by atoms with van der Waals surface area (Å²) in [6.07, 6.45) is 1.61. The molecular weight excluding hydrogens is 206 g/mol. The highest BCUT2D eigenvalue weighted by molar-refractivity contribution is 5.73. The highest BCUT2D eigenvalue weighted by Gasteiger charge is 2.13. The number of rotatable bonds is 5. The second kappa shape index (κ2) is 6.61. The van der Waals surface area contributed by atoms with Crippen LogP contribution in [0.25, 0.3) is 0 Å². The Hall–Kier alpha value is -1.84. The molecule has 1 aromatic carbocycles. The van der Waals surface area contributed by atoms with E-state index in [1.54, 1.807) is 13.2 Å². The zero-order valence-corrected chi connectivity index (χ0v) is 9.10. The second-order valence-electron chi connectivity index (χ2n) is 3.22. The van der Waals surface area contributed by atoms with Gasteiger partial charge in [-0.2, -0.15) is 0 Å². The van der Waals surface area contributed by atoms with Crippen molar-refractivity contribution in [3.05, 3.63) is 35.9 Å². The number of benzene rings is 1. The van der Waals surface area contributed by atoms with Crippen LogP contribution < -0.4 is 5.32 Å². The first-order valence-electron chi connectivity index (χ1n) is 5.11. The summed E-state index contributed by atoms with van der Waals surface area (Å²) < 4.78 is 4.68. The fourth-order valence-electron chi connectivity index (χ4n) is 1.29. The summed E-state index contributed by atoms with van der Waals surface area (Å²) >= 11 is 0. The number of ether oxygens (including phenoxy) is 1. The molecule has 4 heteroatoms. The summed E-state index contributed by atoms with van der Waals surface area (Å²) in [6.45, 7) is 1.99. The third-order valence-electron chi connectivity index (χ3n) is 1.99. The van der Waals surface area contributed by atoms with Gasteiger partial charge >= 0.3 is 6.09 Å². The number of alkyl carbamates (subject to hydrolysis) is 1. The molecule has 0 saturated heterocycles. The van der Waals surface area contributed by atoms with Crippen LogP contribution in [0.3, 0.4) is 0 Å². The van der Waals surface area contributed by atoms with Crippen molar-refractivity contribution in [1.82, 2.24) is 5.32 Å². The SMILES string of the molecule is CCOC(=O)N[C@H]([C]=O)Cc1ccccc1. The normalized spacial score (nSPS) is 11.6. The maximum absolute atomic E-state index is 11.1. The van der Waals surface area contributed by atoms with Gasteiger partial charge in [0.1, 0.15) is 6.04 Å². The van der Waals surface area contributed by atoms with E-state index in [2.05, 4.69) is 10.1 Å². The topological polar surface area (TPSA) is 55.4 Å². The summed E-state index contributed by atoms with van der Waals surface area (Å²) in [6, 6.07) is 8.75. The van der Waals surface area contributed by atoms with E-state index in [1.165, 1.54) is 0 Å². The van der Waals surface area contributed by atoms with E-state index in [0.717, 1.165) is 5.56 Å². The van der Waals surface area contributed by atoms with Crippen LogP contribution in [0, 0.1) is 0 Å². The van der Waals surface area contributed by atoms with Crippen molar-refractivity contribution < 1.29 is 14.3 Å². The first-order valence-corrected chi connectivity index (χ1v) is 5.11. The molecule has 0 spiro atoms. The molecule has 1 aromatic rings. The highest BCUT2D eigenvalue weighted by atomic mass is 16.5. The molecule has 1 radical (unpaired) electrons. The Morgan fingerprint density at radius 1 is 1.44 bits per heavy atom. The summed E-state index contributed by atoms with van der Waals surface area (Å²) in [5.41, 5.74) is 0.965. The van der Waals surface area contributed by atoms with E-state index in [0.29, 0.717) is 6.42 Å². The van der Waals surface area contributed by atoms with Gasteiger partial charge in [0, 0.05) is 6.42 Å². The average Bonchev–Trinajstić information content (AvgIpc) is 2.30. The first-order chi connectivity index (χ1) is 7.76. The van der Waals surface area contributed by atoms with Gasteiger partial charge in [-0.1, -0.05) is 30.3 Å². The minimum atomic E-state index is -0.665. The highest BCUT2D eigenvalue weighted by Crippen LogP contribution is 2.02. The molecule has 0 aliphatic rings. The van der Waals surface area contributed by atoms with Gasteiger partial charge in [0.05, 0.1) is 6.61 Å². The lowest BCUT2D eigenvalue weighted by atomic mass is 10.1. The predicted octanol–water partition coefficient (Wildman–Crippen LogP) is 1.45. The Morgan fingerprint density at radius 3 is 2.69 bits per heavy atom. The second-order valence-corrected chi connectivity index (χ2v) is 3.22. The molecule has 1 atom stereocenters.